The summed E-state index contributed by atoms with van der Waals surface area (Å²) < 4.78 is 46.6. The molecule has 9 heteroatoms. The van der Waals surface area contributed by atoms with Crippen molar-refractivity contribution in [3.05, 3.63) is 82.7 Å². The van der Waals surface area contributed by atoms with E-state index < -0.39 is 34.0 Å². The van der Waals surface area contributed by atoms with Crippen LogP contribution in [0.25, 0.3) is 11.6 Å². The number of nitrogens with zero attached hydrogens (tertiary/aromatic N) is 2. The third-order valence-electron chi connectivity index (χ3n) is 6.03. The number of likely N-dealkylation sites (N-methyl/N-ethyl adjacent to an activating group) is 1. The number of benzene rings is 2. The first-order valence-electron chi connectivity index (χ1n) is 11.9. The van der Waals surface area contributed by atoms with Crippen molar-refractivity contribution in [2.45, 2.75) is 30.9 Å². The number of aromatic carboxylic acids is 1. The number of nitriles is 1. The number of carboxylic acids is 1. The van der Waals surface area contributed by atoms with E-state index in [0.717, 1.165) is 30.8 Å². The SMILES string of the molecule is CCN(CC)C/C=C\c1cc(F)ccc1S(=O)(=O)Cc1ccc(C2=CCC=C2)c(OCC#N)c1C(=O)O. The number of allylic oxidation sites excluding steroid dienone is 4. The molecule has 0 saturated carbocycles. The van der Waals surface area contributed by atoms with Crippen LogP contribution in [0.4, 0.5) is 4.39 Å². The molecule has 0 radical (unpaired) electrons. The molecule has 0 aliphatic heterocycles. The molecule has 37 heavy (non-hydrogen) atoms. The van der Waals surface area contributed by atoms with Crippen LogP contribution in [-0.2, 0) is 15.6 Å². The van der Waals surface area contributed by atoms with E-state index in [0.29, 0.717) is 18.5 Å². The quantitative estimate of drug-likeness (QED) is 0.385. The third kappa shape index (κ3) is 6.73. The minimum absolute atomic E-state index is 0.00848. The van der Waals surface area contributed by atoms with E-state index in [-0.39, 0.29) is 27.3 Å². The van der Waals surface area contributed by atoms with Gasteiger partial charge in [-0.05, 0) is 54.4 Å². The summed E-state index contributed by atoms with van der Waals surface area (Å²) >= 11 is 0. The minimum Gasteiger partial charge on any atom is -0.478 e. The summed E-state index contributed by atoms with van der Waals surface area (Å²) in [6.07, 6.45) is 9.59. The summed E-state index contributed by atoms with van der Waals surface area (Å²) in [7, 11) is -4.09. The summed E-state index contributed by atoms with van der Waals surface area (Å²) in [6, 6.07) is 8.27. The fourth-order valence-corrected chi connectivity index (χ4v) is 5.71. The molecule has 0 spiro atoms. The van der Waals surface area contributed by atoms with Crippen molar-refractivity contribution in [3.63, 3.8) is 0 Å². The largest absolute Gasteiger partial charge is 0.478 e. The van der Waals surface area contributed by atoms with Crippen molar-refractivity contribution in [2.24, 2.45) is 0 Å². The highest BCUT2D eigenvalue weighted by Crippen LogP contribution is 2.36. The van der Waals surface area contributed by atoms with E-state index in [1.165, 1.54) is 12.1 Å². The molecule has 0 unspecified atom stereocenters. The van der Waals surface area contributed by atoms with Gasteiger partial charge >= 0.3 is 5.97 Å². The van der Waals surface area contributed by atoms with Gasteiger partial charge in [0.2, 0.25) is 0 Å². The number of halogens is 1. The Morgan fingerprint density at radius 1 is 1.24 bits per heavy atom. The van der Waals surface area contributed by atoms with Crippen molar-refractivity contribution in [3.8, 4) is 11.8 Å². The minimum atomic E-state index is -4.09. The van der Waals surface area contributed by atoms with Crippen LogP contribution in [0.15, 0.2) is 59.5 Å². The maximum absolute atomic E-state index is 14.0. The molecule has 0 saturated heterocycles. The molecule has 0 atom stereocenters. The highest BCUT2D eigenvalue weighted by atomic mass is 32.2. The normalized spacial score (nSPS) is 13.2. The maximum Gasteiger partial charge on any atom is 0.339 e. The second-order valence-corrected chi connectivity index (χ2v) is 10.3. The lowest BCUT2D eigenvalue weighted by Crippen LogP contribution is -2.22. The monoisotopic (exact) mass is 524 g/mol. The van der Waals surface area contributed by atoms with Crippen molar-refractivity contribution in [2.75, 3.05) is 26.2 Å². The van der Waals surface area contributed by atoms with E-state index >= 15 is 0 Å². The van der Waals surface area contributed by atoms with Gasteiger partial charge in [0.15, 0.2) is 16.4 Å². The van der Waals surface area contributed by atoms with Gasteiger partial charge < -0.3 is 14.7 Å². The summed E-state index contributed by atoms with van der Waals surface area (Å²) in [6.45, 7) is 5.80. The zero-order valence-corrected chi connectivity index (χ0v) is 21.6. The van der Waals surface area contributed by atoms with Crippen LogP contribution >= 0.6 is 0 Å². The van der Waals surface area contributed by atoms with E-state index in [4.69, 9.17) is 10.00 Å². The van der Waals surface area contributed by atoms with Crippen LogP contribution in [-0.4, -0.2) is 50.6 Å². The third-order valence-corrected chi connectivity index (χ3v) is 7.76. The van der Waals surface area contributed by atoms with Gasteiger partial charge in [-0.15, -0.1) is 0 Å². The second-order valence-electron chi connectivity index (χ2n) is 8.36. The Morgan fingerprint density at radius 3 is 2.62 bits per heavy atom. The van der Waals surface area contributed by atoms with E-state index in [1.54, 1.807) is 18.2 Å². The zero-order chi connectivity index (χ0) is 27.0. The van der Waals surface area contributed by atoms with Crippen molar-refractivity contribution in [1.29, 1.82) is 5.26 Å². The molecular formula is C28H29FN2O5S. The number of ether oxygens (including phenoxy) is 1. The topological polar surface area (TPSA) is 108 Å². The Bertz CT molecular complexity index is 1400. The van der Waals surface area contributed by atoms with Crippen LogP contribution < -0.4 is 4.74 Å². The van der Waals surface area contributed by atoms with Gasteiger partial charge in [-0.25, -0.2) is 17.6 Å². The van der Waals surface area contributed by atoms with Crippen molar-refractivity contribution < 1.29 is 27.4 Å². The summed E-state index contributed by atoms with van der Waals surface area (Å²) in [5.41, 5.74) is 1.06. The van der Waals surface area contributed by atoms with Crippen LogP contribution in [0.3, 0.4) is 0 Å². The fraction of sp³-hybridized carbons (Fsp3) is 0.286. The maximum atomic E-state index is 14.0. The van der Waals surface area contributed by atoms with Gasteiger partial charge in [0, 0.05) is 12.1 Å². The number of rotatable bonds is 12. The Labute approximate surface area is 216 Å². The Kier molecular flexibility index (Phi) is 9.39. The lowest BCUT2D eigenvalue weighted by Gasteiger charge is -2.17. The summed E-state index contributed by atoms with van der Waals surface area (Å²) in [5.74, 6) is -2.66. The Balaban J connectivity index is 2.06. The zero-order valence-electron chi connectivity index (χ0n) is 20.8. The van der Waals surface area contributed by atoms with E-state index in [1.807, 2.05) is 38.1 Å². The standard InChI is InChI=1S/C28H29FN2O5S/c1-3-31(4-2)16-7-10-21-18-23(29)12-14-25(21)37(34,35)19-22-11-13-24(20-8-5-6-9-20)27(36-17-15-30)26(22)28(32)33/h5,7-14,18H,3-4,6,16-17,19H2,1-2H3,(H,32,33)/b10-7-. The first-order chi connectivity index (χ1) is 17.7. The van der Waals surface area contributed by atoms with Crippen LogP contribution in [0.2, 0.25) is 0 Å². The second kappa shape index (κ2) is 12.5. The number of hydrogen-bond donors (Lipinski definition) is 1. The molecule has 1 aliphatic carbocycles. The smallest absolute Gasteiger partial charge is 0.339 e. The molecule has 7 nitrogen and oxygen atoms in total. The lowest BCUT2D eigenvalue weighted by molar-refractivity contribution is 0.0692. The molecule has 0 heterocycles. The molecule has 1 aliphatic rings. The number of sulfone groups is 1. The summed E-state index contributed by atoms with van der Waals surface area (Å²) in [4.78, 5) is 14.3. The first-order valence-corrected chi connectivity index (χ1v) is 13.5. The van der Waals surface area contributed by atoms with Gasteiger partial charge in [-0.3, -0.25) is 0 Å². The van der Waals surface area contributed by atoms with E-state index in [9.17, 15) is 22.7 Å². The van der Waals surface area contributed by atoms with E-state index in [2.05, 4.69) is 4.90 Å². The van der Waals surface area contributed by atoms with Crippen LogP contribution in [0, 0.1) is 17.1 Å². The van der Waals surface area contributed by atoms with Crippen LogP contribution in [0.5, 0.6) is 5.75 Å². The predicted octanol–water partition coefficient (Wildman–Crippen LogP) is 5.10. The average Bonchev–Trinajstić information content (AvgIpc) is 3.39. The molecule has 0 fully saturated rings. The number of hydrogen-bond acceptors (Lipinski definition) is 6. The fourth-order valence-electron chi connectivity index (χ4n) is 4.14. The highest BCUT2D eigenvalue weighted by molar-refractivity contribution is 7.90. The Hall–Kier alpha value is -3.74. The molecule has 194 valence electrons. The van der Waals surface area contributed by atoms with Gasteiger partial charge in [-0.2, -0.15) is 5.26 Å². The molecule has 0 aromatic heterocycles. The van der Waals surface area contributed by atoms with Crippen molar-refractivity contribution in [1.82, 2.24) is 4.90 Å². The lowest BCUT2D eigenvalue weighted by atomic mass is 9.98. The molecule has 3 rings (SSSR count). The van der Waals surface area contributed by atoms with Crippen LogP contribution in [0.1, 0.15) is 47.3 Å². The Morgan fingerprint density at radius 2 is 2.00 bits per heavy atom. The van der Waals surface area contributed by atoms with Gasteiger partial charge in [-0.1, -0.05) is 56.4 Å². The first kappa shape index (κ1) is 27.8. The molecule has 0 bridgehead atoms. The van der Waals surface area contributed by atoms with Gasteiger partial charge in [0.1, 0.15) is 23.2 Å². The van der Waals surface area contributed by atoms with Crippen molar-refractivity contribution >= 4 is 27.5 Å². The number of carboxylic acid groups (broad SMARTS) is 1. The molecule has 2 aromatic carbocycles. The van der Waals surface area contributed by atoms with Gasteiger partial charge in [0.25, 0.3) is 0 Å². The average molecular weight is 525 g/mol. The molecular weight excluding hydrogens is 495 g/mol. The molecule has 0 amide bonds. The number of carbonyl (C=O) groups is 1. The predicted molar refractivity (Wildman–Crippen MR) is 140 cm³/mol. The van der Waals surface area contributed by atoms with Gasteiger partial charge in [0.05, 0.1) is 10.6 Å². The summed E-state index contributed by atoms with van der Waals surface area (Å²) in [5, 5.41) is 19.0. The molecule has 1 N–H and O–H groups in total. The molecule has 2 aromatic rings. The highest BCUT2D eigenvalue weighted by Gasteiger charge is 2.27.